The van der Waals surface area contributed by atoms with E-state index in [-0.39, 0.29) is 30.3 Å². The fourth-order valence-electron chi connectivity index (χ4n) is 0.952. The molecule has 0 saturated heterocycles. The van der Waals surface area contributed by atoms with Crippen LogP contribution in [0.4, 0.5) is 0 Å². The predicted molar refractivity (Wildman–Crippen MR) is 52.2 cm³/mol. The lowest BCUT2D eigenvalue weighted by molar-refractivity contribution is 0.216. The van der Waals surface area contributed by atoms with Gasteiger partial charge >= 0.3 is 0 Å². The number of nitrogens with two attached hydrogens (primary N) is 2. The van der Waals surface area contributed by atoms with Gasteiger partial charge in [0.05, 0.1) is 5.92 Å². The van der Waals surface area contributed by atoms with Crippen molar-refractivity contribution in [2.75, 3.05) is 0 Å². The Hall–Kier alpha value is -2.03. The molecular formula is C6H14N6O3. The highest BCUT2D eigenvalue weighted by Crippen LogP contribution is 2.07. The van der Waals surface area contributed by atoms with Crippen molar-refractivity contribution in [3.05, 3.63) is 0 Å². The van der Waals surface area contributed by atoms with Crippen molar-refractivity contribution in [1.82, 2.24) is 5.48 Å². The monoisotopic (exact) mass is 218 g/mol. The second kappa shape index (κ2) is 6.43. The molecular weight excluding hydrogens is 204 g/mol. The summed E-state index contributed by atoms with van der Waals surface area (Å²) in [6, 6.07) is 0. The van der Waals surface area contributed by atoms with E-state index < -0.39 is 5.92 Å². The molecule has 0 spiro atoms. The minimum Gasteiger partial charge on any atom is -0.409 e. The van der Waals surface area contributed by atoms with Crippen LogP contribution in [-0.2, 0) is 0 Å². The van der Waals surface area contributed by atoms with Crippen LogP contribution in [0.3, 0.4) is 0 Å². The minimum atomic E-state index is -0.819. The van der Waals surface area contributed by atoms with Gasteiger partial charge in [-0.25, -0.2) is 0 Å². The summed E-state index contributed by atoms with van der Waals surface area (Å²) in [5.74, 6) is -1.44. The summed E-state index contributed by atoms with van der Waals surface area (Å²) in [6.07, 6.45) is 0.305. The van der Waals surface area contributed by atoms with Gasteiger partial charge in [0.25, 0.3) is 0 Å². The number of nitrogens with zero attached hydrogens (tertiary/aromatic N) is 2. The Morgan fingerprint density at radius 3 is 2.27 bits per heavy atom. The van der Waals surface area contributed by atoms with Gasteiger partial charge in [0.15, 0.2) is 5.84 Å². The number of nitrogens with one attached hydrogen (secondary N) is 2. The summed E-state index contributed by atoms with van der Waals surface area (Å²) in [5.41, 5.74) is 12.0. The largest absolute Gasteiger partial charge is 0.409 e. The zero-order chi connectivity index (χ0) is 11.8. The molecule has 9 heteroatoms. The van der Waals surface area contributed by atoms with E-state index in [0.29, 0.717) is 0 Å². The Balaban J connectivity index is 4.49. The van der Waals surface area contributed by atoms with E-state index in [1.807, 2.05) is 0 Å². The van der Waals surface area contributed by atoms with Crippen molar-refractivity contribution in [2.24, 2.45) is 27.7 Å². The maximum Gasteiger partial charge on any atom is 0.175 e. The zero-order valence-corrected chi connectivity index (χ0v) is 7.88. The van der Waals surface area contributed by atoms with Gasteiger partial charge in [0.2, 0.25) is 0 Å². The summed E-state index contributed by atoms with van der Waals surface area (Å²) in [5, 5.41) is 37.9. The predicted octanol–water partition coefficient (Wildman–Crippen LogP) is -1.17. The van der Waals surface area contributed by atoms with Gasteiger partial charge in [-0.3, -0.25) is 16.1 Å². The molecule has 0 aliphatic rings. The molecule has 0 aliphatic carbocycles. The summed E-state index contributed by atoms with van der Waals surface area (Å²) >= 11 is 0. The van der Waals surface area contributed by atoms with Gasteiger partial charge in [0.1, 0.15) is 11.7 Å². The average Bonchev–Trinajstić information content (AvgIpc) is 2.23. The minimum absolute atomic E-state index is 0.0449. The van der Waals surface area contributed by atoms with Gasteiger partial charge in [-0.05, 0) is 6.42 Å². The van der Waals surface area contributed by atoms with Gasteiger partial charge in [-0.15, -0.1) is 0 Å². The molecule has 0 aliphatic heterocycles. The first kappa shape index (κ1) is 13.0. The quantitative estimate of drug-likeness (QED) is 0.132. The third kappa shape index (κ3) is 4.13. The highest BCUT2D eigenvalue weighted by Gasteiger charge is 2.20. The van der Waals surface area contributed by atoms with Crippen molar-refractivity contribution >= 4 is 17.5 Å². The Bertz CT molecular complexity index is 276. The molecule has 0 aromatic carbocycles. The molecule has 0 bridgehead atoms. The topological polar surface area (TPSA) is 173 Å². The molecule has 0 aromatic heterocycles. The van der Waals surface area contributed by atoms with Crippen LogP contribution in [-0.4, -0.2) is 33.1 Å². The molecule has 1 unspecified atom stereocenters. The smallest absolute Gasteiger partial charge is 0.175 e. The van der Waals surface area contributed by atoms with Crippen molar-refractivity contribution in [1.29, 1.82) is 5.41 Å². The average molecular weight is 218 g/mol. The second-order valence-corrected chi connectivity index (χ2v) is 2.73. The highest BCUT2D eigenvalue weighted by molar-refractivity contribution is 6.03. The molecule has 0 fully saturated rings. The van der Waals surface area contributed by atoms with E-state index in [1.54, 1.807) is 5.48 Å². The molecule has 86 valence electrons. The second-order valence-electron chi connectivity index (χ2n) is 2.73. The lowest BCUT2D eigenvalue weighted by atomic mass is 10.0. The normalized spacial score (nSPS) is 14.7. The number of rotatable bonds is 5. The maximum atomic E-state index is 8.56. The van der Waals surface area contributed by atoms with Crippen LogP contribution in [0.2, 0.25) is 0 Å². The van der Waals surface area contributed by atoms with E-state index in [9.17, 15) is 0 Å². The molecule has 9 N–H and O–H groups in total. The molecule has 1 atom stereocenters. The van der Waals surface area contributed by atoms with Crippen molar-refractivity contribution in [2.45, 2.75) is 12.8 Å². The first-order chi connectivity index (χ1) is 7.06. The zero-order valence-electron chi connectivity index (χ0n) is 7.88. The van der Waals surface area contributed by atoms with Gasteiger partial charge in [0, 0.05) is 6.42 Å². The number of hydroxylamine groups is 1. The highest BCUT2D eigenvalue weighted by atomic mass is 16.5. The molecule has 0 heterocycles. The molecule has 0 saturated carbocycles. The lowest BCUT2D eigenvalue weighted by Gasteiger charge is -2.14. The number of hydrogen-bond acceptors (Lipinski definition) is 6. The van der Waals surface area contributed by atoms with Crippen LogP contribution >= 0.6 is 0 Å². The van der Waals surface area contributed by atoms with Gasteiger partial charge in [-0.1, -0.05) is 10.3 Å². The molecule has 0 aromatic rings. The third-order valence-electron chi connectivity index (χ3n) is 1.75. The van der Waals surface area contributed by atoms with Gasteiger partial charge < -0.3 is 21.9 Å². The van der Waals surface area contributed by atoms with Crippen LogP contribution in [0.5, 0.6) is 0 Å². The Labute approximate surface area is 85.5 Å². The van der Waals surface area contributed by atoms with Crippen LogP contribution < -0.4 is 16.9 Å². The SMILES string of the molecule is N=C(N)C(CCC(N)=NO)C(=NO)NO. The van der Waals surface area contributed by atoms with Crippen molar-refractivity contribution in [3.8, 4) is 0 Å². The van der Waals surface area contributed by atoms with E-state index in [4.69, 9.17) is 32.5 Å². The molecule has 0 amide bonds. The first-order valence-electron chi connectivity index (χ1n) is 3.99. The summed E-state index contributed by atoms with van der Waals surface area (Å²) < 4.78 is 0. The van der Waals surface area contributed by atoms with Crippen LogP contribution in [0.15, 0.2) is 10.3 Å². The van der Waals surface area contributed by atoms with Gasteiger partial charge in [-0.2, -0.15) is 0 Å². The van der Waals surface area contributed by atoms with E-state index >= 15 is 0 Å². The summed E-state index contributed by atoms with van der Waals surface area (Å²) in [6.45, 7) is 0. The fraction of sp³-hybridized carbons (Fsp3) is 0.500. The number of hydrogen-bond donors (Lipinski definition) is 7. The molecule has 9 nitrogen and oxygen atoms in total. The van der Waals surface area contributed by atoms with Crippen LogP contribution in [0.1, 0.15) is 12.8 Å². The number of amidine groups is 3. The van der Waals surface area contributed by atoms with Crippen molar-refractivity contribution < 1.29 is 15.6 Å². The number of oxime groups is 2. The Kier molecular flexibility index (Phi) is 5.56. The first-order valence-corrected chi connectivity index (χ1v) is 3.99. The fourth-order valence-corrected chi connectivity index (χ4v) is 0.952. The van der Waals surface area contributed by atoms with E-state index in [1.165, 1.54) is 0 Å². The standard InChI is InChI=1S/C6H14N6O3/c7-4(10-13)2-1-3(5(8)9)6(11-14)12-15/h3,13-15H,1-2H2,(H2,7,10)(H3,8,9)(H,11,12). The maximum absolute atomic E-state index is 8.56. The summed E-state index contributed by atoms with van der Waals surface area (Å²) in [4.78, 5) is 0. The van der Waals surface area contributed by atoms with Crippen molar-refractivity contribution in [3.63, 3.8) is 0 Å². The molecule has 0 rings (SSSR count). The lowest BCUT2D eigenvalue weighted by Crippen LogP contribution is -2.37. The molecule has 0 radical (unpaired) electrons. The third-order valence-corrected chi connectivity index (χ3v) is 1.75. The Morgan fingerprint density at radius 1 is 1.33 bits per heavy atom. The Morgan fingerprint density at radius 2 is 1.93 bits per heavy atom. The van der Waals surface area contributed by atoms with E-state index in [0.717, 1.165) is 0 Å². The van der Waals surface area contributed by atoms with Crippen LogP contribution in [0, 0.1) is 11.3 Å². The molecule has 15 heavy (non-hydrogen) atoms. The van der Waals surface area contributed by atoms with Crippen LogP contribution in [0.25, 0.3) is 0 Å². The van der Waals surface area contributed by atoms with E-state index in [2.05, 4.69) is 10.3 Å². The summed E-state index contributed by atoms with van der Waals surface area (Å²) in [7, 11) is 0.